The molecule has 2 rings (SSSR count). The van der Waals surface area contributed by atoms with Crippen LogP contribution >= 0.6 is 15.9 Å². The first-order valence-corrected chi connectivity index (χ1v) is 5.96. The Balaban J connectivity index is 2.36. The topological polar surface area (TPSA) is 46.2 Å². The van der Waals surface area contributed by atoms with Crippen molar-refractivity contribution >= 4 is 15.9 Å². The molecule has 82 valence electrons. The average molecular weight is 270 g/mol. The molecule has 0 saturated heterocycles. The Kier molecular flexibility index (Phi) is 2.55. The van der Waals surface area contributed by atoms with Crippen molar-refractivity contribution < 1.29 is 5.11 Å². The smallest absolute Gasteiger partial charge is 0.119 e. The van der Waals surface area contributed by atoms with E-state index in [1.54, 1.807) is 6.07 Å². The monoisotopic (exact) mass is 269 g/mol. The lowest BCUT2D eigenvalue weighted by Gasteiger charge is -2.06. The van der Waals surface area contributed by atoms with Gasteiger partial charge in [0, 0.05) is 4.47 Å². The van der Waals surface area contributed by atoms with Crippen LogP contribution < -0.4 is 5.73 Å². The van der Waals surface area contributed by atoms with Crippen LogP contribution in [0.15, 0.2) is 22.7 Å². The van der Waals surface area contributed by atoms with Gasteiger partial charge in [-0.15, -0.1) is 0 Å². The quantitative estimate of drug-likeness (QED) is 0.868. The SMILES string of the molecule is CC1(C)C(CN)C1c1cc(Br)ccc1O. The van der Waals surface area contributed by atoms with Gasteiger partial charge in [0.25, 0.3) is 0 Å². The Morgan fingerprint density at radius 2 is 2.13 bits per heavy atom. The third-order valence-corrected chi connectivity index (χ3v) is 4.12. The third kappa shape index (κ3) is 1.68. The number of hydrogen-bond donors (Lipinski definition) is 2. The standard InChI is InChI=1S/C12H16BrNO/c1-12(2)9(6-14)11(12)8-5-7(13)3-4-10(8)15/h3-5,9,11,15H,6,14H2,1-2H3. The summed E-state index contributed by atoms with van der Waals surface area (Å²) in [6, 6.07) is 5.59. The number of benzene rings is 1. The molecule has 3 heteroatoms. The Hall–Kier alpha value is -0.540. The lowest BCUT2D eigenvalue weighted by molar-refractivity contribution is 0.464. The third-order valence-electron chi connectivity index (χ3n) is 3.63. The highest BCUT2D eigenvalue weighted by Crippen LogP contribution is 2.65. The maximum Gasteiger partial charge on any atom is 0.119 e. The molecule has 0 spiro atoms. The predicted octanol–water partition coefficient (Wildman–Crippen LogP) is 2.85. The largest absolute Gasteiger partial charge is 0.508 e. The normalized spacial score (nSPS) is 27.7. The number of phenols is 1. The van der Waals surface area contributed by atoms with Crippen LogP contribution in [-0.2, 0) is 0 Å². The highest BCUT2D eigenvalue weighted by atomic mass is 79.9. The summed E-state index contributed by atoms with van der Waals surface area (Å²) in [6.07, 6.45) is 0. The predicted molar refractivity (Wildman–Crippen MR) is 64.9 cm³/mol. The minimum atomic E-state index is 0.215. The second-order valence-corrected chi connectivity index (χ2v) is 5.76. The zero-order chi connectivity index (χ0) is 11.2. The van der Waals surface area contributed by atoms with Crippen LogP contribution in [0.3, 0.4) is 0 Å². The van der Waals surface area contributed by atoms with E-state index in [-0.39, 0.29) is 5.41 Å². The molecule has 1 aromatic rings. The maximum atomic E-state index is 9.83. The van der Waals surface area contributed by atoms with Crippen LogP contribution in [0.2, 0.25) is 0 Å². The fraction of sp³-hybridized carbons (Fsp3) is 0.500. The lowest BCUT2D eigenvalue weighted by atomic mass is 10.0. The van der Waals surface area contributed by atoms with Gasteiger partial charge in [0.1, 0.15) is 5.75 Å². The minimum Gasteiger partial charge on any atom is -0.508 e. The molecular weight excluding hydrogens is 254 g/mol. The Morgan fingerprint density at radius 1 is 1.47 bits per heavy atom. The van der Waals surface area contributed by atoms with Crippen LogP contribution in [0.4, 0.5) is 0 Å². The van der Waals surface area contributed by atoms with Crippen LogP contribution in [0.25, 0.3) is 0 Å². The summed E-state index contributed by atoms with van der Waals surface area (Å²) in [5.41, 5.74) is 6.97. The van der Waals surface area contributed by atoms with Crippen molar-refractivity contribution in [1.82, 2.24) is 0 Å². The Bertz CT molecular complexity index is 389. The van der Waals surface area contributed by atoms with Crippen molar-refractivity contribution in [2.24, 2.45) is 17.1 Å². The first kappa shape index (κ1) is 11.0. The number of aromatic hydroxyl groups is 1. The molecule has 2 nitrogen and oxygen atoms in total. The van der Waals surface area contributed by atoms with Crippen molar-refractivity contribution in [2.75, 3.05) is 6.54 Å². The number of nitrogens with two attached hydrogens (primary N) is 1. The fourth-order valence-electron chi connectivity index (χ4n) is 2.58. The first-order chi connectivity index (χ1) is 6.98. The molecule has 2 unspecified atom stereocenters. The molecule has 3 N–H and O–H groups in total. The van der Waals surface area contributed by atoms with Crippen molar-refractivity contribution in [2.45, 2.75) is 19.8 Å². The highest BCUT2D eigenvalue weighted by molar-refractivity contribution is 9.10. The van der Waals surface area contributed by atoms with E-state index in [1.807, 2.05) is 12.1 Å². The van der Waals surface area contributed by atoms with Gasteiger partial charge in [0.05, 0.1) is 0 Å². The van der Waals surface area contributed by atoms with Gasteiger partial charge < -0.3 is 10.8 Å². The van der Waals surface area contributed by atoms with E-state index in [1.165, 1.54) is 0 Å². The molecule has 1 saturated carbocycles. The van der Waals surface area contributed by atoms with Crippen molar-refractivity contribution in [3.63, 3.8) is 0 Å². The molecule has 1 fully saturated rings. The molecule has 1 aliphatic carbocycles. The molecule has 0 bridgehead atoms. The summed E-state index contributed by atoms with van der Waals surface area (Å²) in [7, 11) is 0. The maximum absolute atomic E-state index is 9.83. The van der Waals surface area contributed by atoms with Gasteiger partial charge in [-0.1, -0.05) is 29.8 Å². The molecule has 1 aromatic carbocycles. The van der Waals surface area contributed by atoms with E-state index in [2.05, 4.69) is 29.8 Å². The van der Waals surface area contributed by atoms with E-state index in [0.29, 0.717) is 24.1 Å². The van der Waals surface area contributed by atoms with E-state index in [0.717, 1.165) is 10.0 Å². The van der Waals surface area contributed by atoms with Crippen LogP contribution in [0.1, 0.15) is 25.3 Å². The molecule has 0 amide bonds. The molecule has 0 radical (unpaired) electrons. The number of hydrogen-bond acceptors (Lipinski definition) is 2. The van der Waals surface area contributed by atoms with Gasteiger partial charge in [-0.25, -0.2) is 0 Å². The summed E-state index contributed by atoms with van der Waals surface area (Å²) >= 11 is 3.43. The summed E-state index contributed by atoms with van der Waals surface area (Å²) < 4.78 is 1.01. The zero-order valence-electron chi connectivity index (χ0n) is 9.00. The second-order valence-electron chi connectivity index (χ2n) is 4.84. The second kappa shape index (κ2) is 3.49. The van der Waals surface area contributed by atoms with Crippen molar-refractivity contribution in [1.29, 1.82) is 0 Å². The number of halogens is 1. The average Bonchev–Trinajstić information content (AvgIpc) is 2.72. The number of rotatable bonds is 2. The van der Waals surface area contributed by atoms with Gasteiger partial charge in [-0.05, 0) is 47.6 Å². The van der Waals surface area contributed by atoms with E-state index < -0.39 is 0 Å². The summed E-state index contributed by atoms with van der Waals surface area (Å²) in [6.45, 7) is 5.09. The van der Waals surface area contributed by atoms with Gasteiger partial charge >= 0.3 is 0 Å². The molecular formula is C12H16BrNO. The Morgan fingerprint density at radius 3 is 2.67 bits per heavy atom. The van der Waals surface area contributed by atoms with Crippen molar-refractivity contribution in [3.8, 4) is 5.75 Å². The summed E-state index contributed by atoms with van der Waals surface area (Å²) in [4.78, 5) is 0. The van der Waals surface area contributed by atoms with E-state index >= 15 is 0 Å². The Labute approximate surface area is 98.6 Å². The first-order valence-electron chi connectivity index (χ1n) is 5.17. The zero-order valence-corrected chi connectivity index (χ0v) is 10.6. The molecule has 2 atom stereocenters. The summed E-state index contributed by atoms with van der Waals surface area (Å²) in [5.74, 6) is 1.25. The minimum absolute atomic E-state index is 0.215. The fourth-order valence-corrected chi connectivity index (χ4v) is 2.95. The summed E-state index contributed by atoms with van der Waals surface area (Å²) in [5, 5.41) is 9.83. The highest BCUT2D eigenvalue weighted by Gasteiger charge is 2.57. The van der Waals surface area contributed by atoms with E-state index in [4.69, 9.17) is 5.73 Å². The molecule has 0 aromatic heterocycles. The molecule has 0 heterocycles. The van der Waals surface area contributed by atoms with Crippen molar-refractivity contribution in [3.05, 3.63) is 28.2 Å². The molecule has 15 heavy (non-hydrogen) atoms. The van der Waals surface area contributed by atoms with Gasteiger partial charge in [0.2, 0.25) is 0 Å². The number of phenolic OH excluding ortho intramolecular Hbond substituents is 1. The van der Waals surface area contributed by atoms with E-state index in [9.17, 15) is 5.11 Å². The van der Waals surface area contributed by atoms with Crippen LogP contribution in [0, 0.1) is 11.3 Å². The molecule has 0 aliphatic heterocycles. The van der Waals surface area contributed by atoms with Gasteiger partial charge in [-0.2, -0.15) is 0 Å². The lowest BCUT2D eigenvalue weighted by Crippen LogP contribution is -2.05. The van der Waals surface area contributed by atoms with Gasteiger partial charge in [-0.3, -0.25) is 0 Å². The van der Waals surface area contributed by atoms with Gasteiger partial charge in [0.15, 0.2) is 0 Å². The van der Waals surface area contributed by atoms with Crippen LogP contribution in [0.5, 0.6) is 5.75 Å². The molecule has 1 aliphatic rings. The van der Waals surface area contributed by atoms with Crippen LogP contribution in [-0.4, -0.2) is 11.7 Å².